The molecule has 2 heterocycles. The normalized spacial score (nSPS) is 15.3. The van der Waals surface area contributed by atoms with Crippen LogP contribution in [0.2, 0.25) is 0 Å². The SMILES string of the molecule is Cc1ccc(O)c(S(=O)(=O)N2CCN(C(=O)c3nn(C(C)C)c(=O)c4ccccc34)CC2)c1. The third kappa shape index (κ3) is 4.11. The van der Waals surface area contributed by atoms with Gasteiger partial charge in [0.2, 0.25) is 10.0 Å². The van der Waals surface area contributed by atoms with Gasteiger partial charge in [0.1, 0.15) is 10.6 Å². The largest absolute Gasteiger partial charge is 0.507 e. The maximum Gasteiger partial charge on any atom is 0.275 e. The fraction of sp³-hybridized carbons (Fsp3) is 0.348. The van der Waals surface area contributed by atoms with E-state index in [1.165, 1.54) is 21.1 Å². The molecule has 0 aliphatic carbocycles. The van der Waals surface area contributed by atoms with E-state index < -0.39 is 10.0 Å². The number of hydrogen-bond acceptors (Lipinski definition) is 6. The molecule has 1 N–H and O–H groups in total. The maximum absolute atomic E-state index is 13.4. The molecule has 0 radical (unpaired) electrons. The topological polar surface area (TPSA) is 113 Å². The third-order valence-electron chi connectivity index (χ3n) is 5.78. The van der Waals surface area contributed by atoms with Crippen molar-refractivity contribution in [2.45, 2.75) is 31.7 Å². The van der Waals surface area contributed by atoms with Crippen molar-refractivity contribution < 1.29 is 18.3 Å². The minimum Gasteiger partial charge on any atom is -0.507 e. The minimum atomic E-state index is -3.90. The van der Waals surface area contributed by atoms with Gasteiger partial charge in [-0.25, -0.2) is 13.1 Å². The Bertz CT molecular complexity index is 1390. The standard InChI is InChI=1S/C23H26N4O5S/c1-15(2)27-22(29)18-7-5-4-6-17(18)21(24-27)23(30)25-10-12-26(13-11-25)33(31,32)20-14-16(3)8-9-19(20)28/h4-9,14-15,28H,10-13H2,1-3H3. The second kappa shape index (κ2) is 8.60. The van der Waals surface area contributed by atoms with Crippen LogP contribution in [0, 0.1) is 6.92 Å². The molecule has 2 aromatic carbocycles. The van der Waals surface area contributed by atoms with Crippen LogP contribution in [0.15, 0.2) is 52.2 Å². The lowest BCUT2D eigenvalue weighted by Crippen LogP contribution is -2.50. The van der Waals surface area contributed by atoms with Crippen LogP contribution >= 0.6 is 0 Å². The smallest absolute Gasteiger partial charge is 0.275 e. The number of hydrogen-bond donors (Lipinski definition) is 1. The molecule has 174 valence electrons. The van der Waals surface area contributed by atoms with E-state index in [0.29, 0.717) is 10.8 Å². The van der Waals surface area contributed by atoms with E-state index in [9.17, 15) is 23.1 Å². The Morgan fingerprint density at radius 3 is 2.30 bits per heavy atom. The maximum atomic E-state index is 13.4. The number of carbonyl (C=O) groups excluding carboxylic acids is 1. The predicted molar refractivity (Wildman–Crippen MR) is 124 cm³/mol. The number of fused-ring (bicyclic) bond motifs is 1. The highest BCUT2D eigenvalue weighted by Crippen LogP contribution is 2.28. The molecular weight excluding hydrogens is 444 g/mol. The van der Waals surface area contributed by atoms with Crippen molar-refractivity contribution in [1.29, 1.82) is 0 Å². The Labute approximate surface area is 191 Å². The first-order chi connectivity index (χ1) is 15.6. The molecular formula is C23H26N4O5S. The molecule has 3 aromatic rings. The minimum absolute atomic E-state index is 0.0865. The molecule has 0 atom stereocenters. The number of piperazine rings is 1. The van der Waals surface area contributed by atoms with Gasteiger partial charge in [-0.15, -0.1) is 0 Å². The number of benzene rings is 2. The summed E-state index contributed by atoms with van der Waals surface area (Å²) in [5.74, 6) is -0.651. The molecule has 4 rings (SSSR count). The highest BCUT2D eigenvalue weighted by atomic mass is 32.2. The number of amides is 1. The second-order valence-corrected chi connectivity index (χ2v) is 10.3. The summed E-state index contributed by atoms with van der Waals surface area (Å²) in [5.41, 5.74) is 0.635. The van der Waals surface area contributed by atoms with E-state index >= 15 is 0 Å². The summed E-state index contributed by atoms with van der Waals surface area (Å²) in [7, 11) is -3.90. The van der Waals surface area contributed by atoms with Crippen molar-refractivity contribution in [2.24, 2.45) is 0 Å². The monoisotopic (exact) mass is 470 g/mol. The molecule has 1 saturated heterocycles. The summed E-state index contributed by atoms with van der Waals surface area (Å²) in [6.07, 6.45) is 0. The van der Waals surface area contributed by atoms with Gasteiger partial charge >= 0.3 is 0 Å². The summed E-state index contributed by atoms with van der Waals surface area (Å²) in [6.45, 7) is 5.90. The first-order valence-electron chi connectivity index (χ1n) is 10.7. The van der Waals surface area contributed by atoms with Crippen LogP contribution < -0.4 is 5.56 Å². The van der Waals surface area contributed by atoms with Crippen LogP contribution in [0.4, 0.5) is 0 Å². The zero-order chi connectivity index (χ0) is 23.9. The molecule has 1 amide bonds. The Morgan fingerprint density at radius 2 is 1.67 bits per heavy atom. The number of aromatic hydroxyl groups is 1. The van der Waals surface area contributed by atoms with Crippen LogP contribution in [0.1, 0.15) is 35.9 Å². The lowest BCUT2D eigenvalue weighted by molar-refractivity contribution is 0.0691. The van der Waals surface area contributed by atoms with Gasteiger partial charge in [0.05, 0.1) is 11.4 Å². The molecule has 1 aliphatic heterocycles. The predicted octanol–water partition coefficient (Wildman–Crippen LogP) is 2.14. The summed E-state index contributed by atoms with van der Waals surface area (Å²) >= 11 is 0. The molecule has 0 bridgehead atoms. The van der Waals surface area contributed by atoms with Crippen LogP contribution in [0.5, 0.6) is 5.75 Å². The summed E-state index contributed by atoms with van der Waals surface area (Å²) in [5, 5.41) is 15.3. The van der Waals surface area contributed by atoms with Crippen LogP contribution in [-0.2, 0) is 10.0 Å². The number of phenolic OH excluding ortho intramolecular Hbond substituents is 1. The van der Waals surface area contributed by atoms with Crippen molar-refractivity contribution in [3.63, 3.8) is 0 Å². The molecule has 1 fully saturated rings. The average Bonchev–Trinajstić information content (AvgIpc) is 2.80. The van der Waals surface area contributed by atoms with Gasteiger partial charge in [0, 0.05) is 31.6 Å². The summed E-state index contributed by atoms with van der Waals surface area (Å²) in [6, 6.07) is 11.1. The summed E-state index contributed by atoms with van der Waals surface area (Å²) in [4.78, 5) is 27.5. The first kappa shape index (κ1) is 22.9. The van der Waals surface area contributed by atoms with Crippen molar-refractivity contribution in [2.75, 3.05) is 26.2 Å². The van der Waals surface area contributed by atoms with E-state index in [-0.39, 0.29) is 60.0 Å². The lowest BCUT2D eigenvalue weighted by atomic mass is 10.1. The van der Waals surface area contributed by atoms with Gasteiger partial charge in [-0.3, -0.25) is 9.59 Å². The zero-order valence-electron chi connectivity index (χ0n) is 18.7. The molecule has 1 aromatic heterocycles. The molecule has 0 spiro atoms. The van der Waals surface area contributed by atoms with Crippen LogP contribution in [0.3, 0.4) is 0 Å². The molecule has 1 aliphatic rings. The number of carbonyl (C=O) groups is 1. The van der Waals surface area contributed by atoms with Gasteiger partial charge in [-0.2, -0.15) is 9.40 Å². The lowest BCUT2D eigenvalue weighted by Gasteiger charge is -2.34. The number of rotatable bonds is 4. The number of nitrogens with zero attached hydrogens (tertiary/aromatic N) is 4. The number of aryl methyl sites for hydroxylation is 1. The van der Waals surface area contributed by atoms with Gasteiger partial charge in [-0.05, 0) is 44.5 Å². The number of sulfonamides is 1. The van der Waals surface area contributed by atoms with E-state index in [2.05, 4.69) is 5.10 Å². The Kier molecular flexibility index (Phi) is 5.98. The van der Waals surface area contributed by atoms with E-state index in [0.717, 1.165) is 5.56 Å². The van der Waals surface area contributed by atoms with Gasteiger partial charge in [0.15, 0.2) is 5.69 Å². The molecule has 9 nitrogen and oxygen atoms in total. The third-order valence-corrected chi connectivity index (χ3v) is 7.71. The zero-order valence-corrected chi connectivity index (χ0v) is 19.5. The van der Waals surface area contributed by atoms with Gasteiger partial charge in [-0.1, -0.05) is 24.3 Å². The summed E-state index contributed by atoms with van der Waals surface area (Å²) < 4.78 is 28.7. The average molecular weight is 471 g/mol. The first-order valence-corrected chi connectivity index (χ1v) is 12.2. The van der Waals surface area contributed by atoms with Crippen molar-refractivity contribution >= 4 is 26.7 Å². The van der Waals surface area contributed by atoms with Crippen LogP contribution in [-0.4, -0.2) is 64.6 Å². The van der Waals surface area contributed by atoms with Crippen LogP contribution in [0.25, 0.3) is 10.8 Å². The van der Waals surface area contributed by atoms with Gasteiger partial charge in [0.25, 0.3) is 11.5 Å². The van der Waals surface area contributed by atoms with E-state index in [1.54, 1.807) is 42.2 Å². The highest BCUT2D eigenvalue weighted by molar-refractivity contribution is 7.89. The molecule has 33 heavy (non-hydrogen) atoms. The Hall–Kier alpha value is -3.24. The molecule has 0 unspecified atom stereocenters. The Morgan fingerprint density at radius 1 is 1.03 bits per heavy atom. The Balaban J connectivity index is 1.61. The quantitative estimate of drug-likeness (QED) is 0.625. The van der Waals surface area contributed by atoms with Crippen molar-refractivity contribution in [1.82, 2.24) is 19.0 Å². The van der Waals surface area contributed by atoms with Crippen molar-refractivity contribution in [3.8, 4) is 5.75 Å². The highest BCUT2D eigenvalue weighted by Gasteiger charge is 2.33. The van der Waals surface area contributed by atoms with Crippen molar-refractivity contribution in [3.05, 3.63) is 64.1 Å². The fourth-order valence-corrected chi connectivity index (χ4v) is 5.55. The van der Waals surface area contributed by atoms with Gasteiger partial charge < -0.3 is 10.0 Å². The van der Waals surface area contributed by atoms with E-state index in [1.807, 2.05) is 13.8 Å². The van der Waals surface area contributed by atoms with E-state index in [4.69, 9.17) is 0 Å². The molecule has 10 heteroatoms. The fourth-order valence-electron chi connectivity index (χ4n) is 3.96. The number of phenols is 1. The number of aromatic nitrogens is 2. The second-order valence-electron chi connectivity index (χ2n) is 8.41. The molecule has 0 saturated carbocycles.